The van der Waals surface area contributed by atoms with Gasteiger partial charge in [-0.05, 0) is 12.0 Å². The monoisotopic (exact) mass is 272 g/mol. The molecule has 1 amide bonds. The number of hydrazone groups is 1. The van der Waals surface area contributed by atoms with Crippen molar-refractivity contribution in [3.63, 3.8) is 0 Å². The van der Waals surface area contributed by atoms with E-state index < -0.39 is 0 Å². The second-order valence-electron chi connectivity index (χ2n) is 5.18. The number of amides is 1. The van der Waals surface area contributed by atoms with Crippen LogP contribution >= 0.6 is 0 Å². The molecule has 0 bridgehead atoms. The Morgan fingerprint density at radius 2 is 2.15 bits per heavy atom. The fourth-order valence-electron chi connectivity index (χ4n) is 2.11. The van der Waals surface area contributed by atoms with Crippen molar-refractivity contribution in [1.82, 2.24) is 5.43 Å². The van der Waals surface area contributed by atoms with Crippen LogP contribution in [0, 0.1) is 5.92 Å². The van der Waals surface area contributed by atoms with E-state index in [4.69, 9.17) is 4.42 Å². The summed E-state index contributed by atoms with van der Waals surface area (Å²) in [5.41, 5.74) is 4.34. The average Bonchev–Trinajstić information content (AvgIpc) is 2.76. The zero-order chi connectivity index (χ0) is 14.5. The first kappa shape index (κ1) is 14.3. The number of para-hydroxylation sites is 1. The smallest absolute Gasteiger partial charge is 0.240 e. The molecule has 1 heterocycles. The number of fused-ring (bicyclic) bond motifs is 1. The molecule has 20 heavy (non-hydrogen) atoms. The van der Waals surface area contributed by atoms with Gasteiger partial charge in [0.25, 0.3) is 0 Å². The largest absolute Gasteiger partial charge is 0.460 e. The quantitative estimate of drug-likeness (QED) is 0.669. The number of rotatable bonds is 5. The first-order valence-electron chi connectivity index (χ1n) is 6.94. The van der Waals surface area contributed by atoms with Gasteiger partial charge in [-0.3, -0.25) is 4.79 Å². The van der Waals surface area contributed by atoms with E-state index in [9.17, 15) is 4.79 Å². The highest BCUT2D eigenvalue weighted by molar-refractivity contribution is 5.99. The van der Waals surface area contributed by atoms with Crippen LogP contribution in [0.4, 0.5) is 0 Å². The Hall–Kier alpha value is -2.10. The normalized spacial score (nSPS) is 11.6. The number of benzene rings is 1. The van der Waals surface area contributed by atoms with E-state index in [2.05, 4.69) is 10.5 Å². The number of hydrogen-bond acceptors (Lipinski definition) is 3. The molecule has 106 valence electrons. The number of nitrogens with one attached hydrogen (secondary N) is 1. The van der Waals surface area contributed by atoms with Crippen molar-refractivity contribution in [2.75, 3.05) is 0 Å². The van der Waals surface area contributed by atoms with Crippen LogP contribution in [0.1, 0.15) is 38.5 Å². The molecule has 0 saturated carbocycles. The number of nitrogens with zero attached hydrogens (tertiary/aromatic N) is 1. The van der Waals surface area contributed by atoms with E-state index >= 15 is 0 Å². The minimum atomic E-state index is -0.0675. The summed E-state index contributed by atoms with van der Waals surface area (Å²) in [7, 11) is 0. The van der Waals surface area contributed by atoms with Gasteiger partial charge in [-0.25, -0.2) is 5.43 Å². The molecule has 2 rings (SSSR count). The summed E-state index contributed by atoms with van der Waals surface area (Å²) < 4.78 is 5.77. The topological polar surface area (TPSA) is 54.6 Å². The van der Waals surface area contributed by atoms with Gasteiger partial charge in [0.2, 0.25) is 5.91 Å². The zero-order valence-electron chi connectivity index (χ0n) is 12.1. The van der Waals surface area contributed by atoms with Crippen molar-refractivity contribution >= 4 is 23.1 Å². The maximum atomic E-state index is 11.6. The minimum absolute atomic E-state index is 0.0675. The summed E-state index contributed by atoms with van der Waals surface area (Å²) >= 11 is 0. The zero-order valence-corrected chi connectivity index (χ0v) is 12.1. The predicted octanol–water partition coefficient (Wildman–Crippen LogP) is 3.49. The Kier molecular flexibility index (Phi) is 4.56. The number of hydrogen-bond donors (Lipinski definition) is 1. The summed E-state index contributed by atoms with van der Waals surface area (Å²) in [6.07, 6.45) is 2.93. The molecule has 0 radical (unpaired) electrons. The lowest BCUT2D eigenvalue weighted by atomic mass is 10.1. The highest BCUT2D eigenvalue weighted by Crippen LogP contribution is 2.24. The molecule has 2 aromatic rings. The molecule has 0 fully saturated rings. The van der Waals surface area contributed by atoms with Gasteiger partial charge < -0.3 is 4.42 Å². The average molecular weight is 272 g/mol. The number of aryl methyl sites for hydroxylation is 1. The van der Waals surface area contributed by atoms with Gasteiger partial charge in [-0.1, -0.05) is 39.0 Å². The van der Waals surface area contributed by atoms with Gasteiger partial charge in [-0.2, -0.15) is 5.10 Å². The van der Waals surface area contributed by atoms with Gasteiger partial charge in [-0.15, -0.1) is 0 Å². The van der Waals surface area contributed by atoms with E-state index in [1.54, 1.807) is 6.21 Å². The van der Waals surface area contributed by atoms with Crippen LogP contribution in [0.3, 0.4) is 0 Å². The number of furan rings is 1. The van der Waals surface area contributed by atoms with Gasteiger partial charge in [0.1, 0.15) is 11.3 Å². The van der Waals surface area contributed by atoms with Crippen LogP contribution in [0.15, 0.2) is 33.8 Å². The van der Waals surface area contributed by atoms with Crippen LogP contribution in [0.2, 0.25) is 0 Å². The first-order chi connectivity index (χ1) is 9.61. The first-order valence-corrected chi connectivity index (χ1v) is 6.94. The van der Waals surface area contributed by atoms with Crippen molar-refractivity contribution in [3.8, 4) is 0 Å². The molecule has 1 aromatic heterocycles. The van der Waals surface area contributed by atoms with Gasteiger partial charge >= 0.3 is 0 Å². The fourth-order valence-corrected chi connectivity index (χ4v) is 2.11. The van der Waals surface area contributed by atoms with E-state index in [1.165, 1.54) is 0 Å². The Bertz CT molecular complexity index is 626. The number of carbonyl (C=O) groups is 1. The molecule has 0 aliphatic heterocycles. The number of carbonyl (C=O) groups excluding carboxylic acids is 1. The lowest BCUT2D eigenvalue weighted by molar-refractivity contribution is -0.121. The van der Waals surface area contributed by atoms with E-state index in [-0.39, 0.29) is 5.91 Å². The Morgan fingerprint density at radius 3 is 2.85 bits per heavy atom. The van der Waals surface area contributed by atoms with Crippen LogP contribution in [0.25, 0.3) is 11.0 Å². The molecule has 0 atom stereocenters. The van der Waals surface area contributed by atoms with Crippen LogP contribution in [-0.2, 0) is 11.2 Å². The lowest BCUT2D eigenvalue weighted by Crippen LogP contribution is -2.19. The Labute approximate surface area is 118 Å². The SMILES string of the molecule is CCc1oc2ccccc2c1/C=N\NC(=O)CC(C)C. The molecule has 0 aliphatic rings. The van der Waals surface area contributed by atoms with Crippen molar-refractivity contribution in [1.29, 1.82) is 0 Å². The third-order valence-electron chi connectivity index (χ3n) is 3.01. The third kappa shape index (κ3) is 3.26. The lowest BCUT2D eigenvalue weighted by Gasteiger charge is -2.01. The van der Waals surface area contributed by atoms with Crippen molar-refractivity contribution < 1.29 is 9.21 Å². The van der Waals surface area contributed by atoms with Crippen LogP contribution in [-0.4, -0.2) is 12.1 Å². The molecule has 0 saturated heterocycles. The molecular weight excluding hydrogens is 252 g/mol. The summed E-state index contributed by atoms with van der Waals surface area (Å²) in [5, 5.41) is 5.06. The molecule has 0 spiro atoms. The van der Waals surface area contributed by atoms with Crippen LogP contribution < -0.4 is 5.43 Å². The highest BCUT2D eigenvalue weighted by atomic mass is 16.3. The molecule has 1 aromatic carbocycles. The van der Waals surface area contributed by atoms with Crippen molar-refractivity contribution in [3.05, 3.63) is 35.6 Å². The van der Waals surface area contributed by atoms with E-state index in [0.29, 0.717) is 12.3 Å². The molecular formula is C16H20N2O2. The maximum Gasteiger partial charge on any atom is 0.240 e. The minimum Gasteiger partial charge on any atom is -0.460 e. The van der Waals surface area contributed by atoms with E-state index in [0.717, 1.165) is 28.7 Å². The summed E-state index contributed by atoms with van der Waals surface area (Å²) in [6.45, 7) is 6.04. The standard InChI is InChI=1S/C16H20N2O2/c1-4-14-13(10-17-18-16(19)9-11(2)3)12-7-5-6-8-15(12)20-14/h5-8,10-11H,4,9H2,1-3H3,(H,18,19)/b17-10-. The predicted molar refractivity (Wildman–Crippen MR) is 80.8 cm³/mol. The Balaban J connectivity index is 2.18. The summed E-state index contributed by atoms with van der Waals surface area (Å²) in [5.74, 6) is 1.14. The second kappa shape index (κ2) is 6.37. The van der Waals surface area contributed by atoms with Gasteiger partial charge in [0.15, 0.2) is 0 Å². The second-order valence-corrected chi connectivity index (χ2v) is 5.18. The van der Waals surface area contributed by atoms with Crippen LogP contribution in [0.5, 0.6) is 0 Å². The molecule has 0 aliphatic carbocycles. The molecule has 4 nitrogen and oxygen atoms in total. The summed E-state index contributed by atoms with van der Waals surface area (Å²) in [4.78, 5) is 11.6. The third-order valence-corrected chi connectivity index (χ3v) is 3.01. The molecule has 0 unspecified atom stereocenters. The Morgan fingerprint density at radius 1 is 1.40 bits per heavy atom. The molecule has 4 heteroatoms. The fraction of sp³-hybridized carbons (Fsp3) is 0.375. The highest BCUT2D eigenvalue weighted by Gasteiger charge is 2.10. The molecule has 1 N–H and O–H groups in total. The van der Waals surface area contributed by atoms with E-state index in [1.807, 2.05) is 45.0 Å². The van der Waals surface area contributed by atoms with Crippen molar-refractivity contribution in [2.24, 2.45) is 11.0 Å². The van der Waals surface area contributed by atoms with Gasteiger partial charge in [0.05, 0.1) is 6.21 Å². The van der Waals surface area contributed by atoms with Gasteiger partial charge in [0, 0.05) is 23.8 Å². The van der Waals surface area contributed by atoms with Crippen molar-refractivity contribution in [2.45, 2.75) is 33.6 Å². The maximum absolute atomic E-state index is 11.6. The summed E-state index contributed by atoms with van der Waals surface area (Å²) in [6, 6.07) is 7.83.